The fourth-order valence-electron chi connectivity index (χ4n) is 2.61. The minimum absolute atomic E-state index is 0.182. The highest BCUT2D eigenvalue weighted by Crippen LogP contribution is 2.27. The Labute approximate surface area is 129 Å². The summed E-state index contributed by atoms with van der Waals surface area (Å²) in [4.78, 5) is 16.2. The molecule has 0 fully saturated rings. The summed E-state index contributed by atoms with van der Waals surface area (Å²) in [5, 5.41) is 12.1. The maximum Gasteiger partial charge on any atom is 0.0745 e. The minimum atomic E-state index is -1.18. The number of pyridine rings is 1. The molecule has 0 aliphatic carbocycles. The fourth-order valence-corrected chi connectivity index (χ4v) is 2.61. The summed E-state index contributed by atoms with van der Waals surface area (Å²) >= 11 is 0. The molecule has 3 aromatic rings. The van der Waals surface area contributed by atoms with Gasteiger partial charge in [0, 0.05) is 16.5 Å². The van der Waals surface area contributed by atoms with Gasteiger partial charge in [-0.15, -0.1) is 0 Å². The van der Waals surface area contributed by atoms with E-state index < -0.39 is 5.97 Å². The third-order valence-corrected chi connectivity index (χ3v) is 4.06. The first-order chi connectivity index (χ1) is 10.5. The monoisotopic (exact) mass is 290 g/mol. The number of carbonyl (C=O) groups is 1. The van der Waals surface area contributed by atoms with E-state index in [4.69, 9.17) is 0 Å². The Bertz CT molecular complexity index is 897. The molecule has 0 amide bonds. The molecule has 22 heavy (non-hydrogen) atoms. The number of aromatic carboxylic acids is 1. The molecule has 2 aromatic carbocycles. The molecule has 3 rings (SSSR count). The van der Waals surface area contributed by atoms with Crippen molar-refractivity contribution in [1.29, 1.82) is 0 Å². The van der Waals surface area contributed by atoms with Crippen molar-refractivity contribution < 1.29 is 9.90 Å². The van der Waals surface area contributed by atoms with E-state index in [2.05, 4.69) is 4.98 Å². The van der Waals surface area contributed by atoms with Gasteiger partial charge in [0.2, 0.25) is 0 Å². The summed E-state index contributed by atoms with van der Waals surface area (Å²) in [6.45, 7) is 6.01. The summed E-state index contributed by atoms with van der Waals surface area (Å²) < 4.78 is 0. The molecule has 0 N–H and O–H groups in total. The number of carbonyl (C=O) groups excluding carboxylic acids is 1. The molecule has 0 aliphatic heterocycles. The molecule has 0 aliphatic rings. The Hall–Kier alpha value is -2.68. The van der Waals surface area contributed by atoms with Crippen LogP contribution < -0.4 is 5.11 Å². The van der Waals surface area contributed by atoms with Crippen LogP contribution in [-0.2, 0) is 0 Å². The maximum atomic E-state index is 11.5. The van der Waals surface area contributed by atoms with Crippen LogP contribution in [0.1, 0.15) is 27.0 Å². The van der Waals surface area contributed by atoms with Gasteiger partial charge in [0.25, 0.3) is 0 Å². The van der Waals surface area contributed by atoms with Crippen LogP contribution in [0.25, 0.3) is 22.2 Å². The quantitative estimate of drug-likeness (QED) is 0.728. The van der Waals surface area contributed by atoms with Gasteiger partial charge < -0.3 is 9.90 Å². The van der Waals surface area contributed by atoms with Gasteiger partial charge in [-0.25, -0.2) is 4.98 Å². The molecule has 3 nitrogen and oxygen atoms in total. The van der Waals surface area contributed by atoms with Crippen molar-refractivity contribution in [3.63, 3.8) is 0 Å². The predicted molar refractivity (Wildman–Crippen MR) is 85.7 cm³/mol. The van der Waals surface area contributed by atoms with Gasteiger partial charge in [-0.2, -0.15) is 0 Å². The van der Waals surface area contributed by atoms with Gasteiger partial charge in [-0.1, -0.05) is 30.3 Å². The van der Waals surface area contributed by atoms with E-state index in [1.807, 2.05) is 51.1 Å². The Kier molecular flexibility index (Phi) is 3.41. The number of benzene rings is 2. The van der Waals surface area contributed by atoms with Gasteiger partial charge in [0.1, 0.15) is 0 Å². The Balaban J connectivity index is 2.33. The lowest BCUT2D eigenvalue weighted by Gasteiger charge is -2.13. The largest absolute Gasteiger partial charge is 0.545 e. The number of para-hydroxylation sites is 1. The minimum Gasteiger partial charge on any atom is -0.545 e. The van der Waals surface area contributed by atoms with Crippen LogP contribution in [0.4, 0.5) is 0 Å². The van der Waals surface area contributed by atoms with Crippen molar-refractivity contribution in [2.75, 3.05) is 0 Å². The second-order valence-corrected chi connectivity index (χ2v) is 5.61. The van der Waals surface area contributed by atoms with Crippen LogP contribution in [0.2, 0.25) is 0 Å². The Morgan fingerprint density at radius 3 is 2.41 bits per heavy atom. The third-order valence-electron chi connectivity index (χ3n) is 4.06. The number of aryl methyl sites for hydroxylation is 3. The molecular formula is C19H16NO2-. The SMILES string of the molecule is Cc1ccc(-c2cc(C(=O)[O-])c3cccc(C)c3n2)cc1C. The molecule has 1 heterocycles. The number of aromatic nitrogens is 1. The molecule has 0 unspecified atom stereocenters. The average Bonchev–Trinajstić information content (AvgIpc) is 2.49. The predicted octanol–water partition coefficient (Wildman–Crippen LogP) is 3.19. The van der Waals surface area contributed by atoms with Crippen LogP contribution in [0, 0.1) is 20.8 Å². The van der Waals surface area contributed by atoms with Crippen LogP contribution in [0.15, 0.2) is 42.5 Å². The van der Waals surface area contributed by atoms with Crippen molar-refractivity contribution in [3.05, 3.63) is 64.7 Å². The van der Waals surface area contributed by atoms with Gasteiger partial charge in [-0.05, 0) is 49.6 Å². The number of nitrogens with zero attached hydrogens (tertiary/aromatic N) is 1. The first kappa shape index (κ1) is 14.3. The summed E-state index contributed by atoms with van der Waals surface area (Å²) in [6.07, 6.45) is 0. The molecule has 1 aromatic heterocycles. The molecular weight excluding hydrogens is 274 g/mol. The standard InChI is InChI=1S/C19H17NO2/c1-11-7-8-14(9-13(11)3)17-10-16(19(21)22)15-6-4-5-12(2)18(15)20-17/h4-10H,1-3H3,(H,21,22)/p-1. The first-order valence-electron chi connectivity index (χ1n) is 7.16. The number of carboxylic acid groups (broad SMARTS) is 1. The van der Waals surface area contributed by atoms with Gasteiger partial charge in [0.05, 0.1) is 17.2 Å². The van der Waals surface area contributed by atoms with Crippen molar-refractivity contribution >= 4 is 16.9 Å². The fraction of sp³-hybridized carbons (Fsp3) is 0.158. The second-order valence-electron chi connectivity index (χ2n) is 5.61. The van der Waals surface area contributed by atoms with Crippen LogP contribution in [0.5, 0.6) is 0 Å². The van der Waals surface area contributed by atoms with Gasteiger partial charge >= 0.3 is 0 Å². The average molecular weight is 290 g/mol. The zero-order chi connectivity index (χ0) is 15.9. The lowest BCUT2D eigenvalue weighted by molar-refractivity contribution is -0.254. The lowest BCUT2D eigenvalue weighted by Crippen LogP contribution is -2.22. The first-order valence-corrected chi connectivity index (χ1v) is 7.16. The Morgan fingerprint density at radius 1 is 0.955 bits per heavy atom. The van der Waals surface area contributed by atoms with Gasteiger partial charge in [-0.3, -0.25) is 0 Å². The molecule has 0 radical (unpaired) electrons. The molecule has 0 bridgehead atoms. The van der Waals surface area contributed by atoms with Crippen molar-refractivity contribution in [2.24, 2.45) is 0 Å². The van der Waals surface area contributed by atoms with E-state index in [0.29, 0.717) is 16.6 Å². The van der Waals surface area contributed by atoms with Crippen LogP contribution >= 0.6 is 0 Å². The number of rotatable bonds is 2. The summed E-state index contributed by atoms with van der Waals surface area (Å²) in [5.74, 6) is -1.18. The summed E-state index contributed by atoms with van der Waals surface area (Å²) in [5.41, 5.74) is 5.75. The number of hydrogen-bond donors (Lipinski definition) is 0. The van der Waals surface area contributed by atoms with E-state index in [1.54, 1.807) is 12.1 Å². The van der Waals surface area contributed by atoms with Crippen molar-refractivity contribution in [2.45, 2.75) is 20.8 Å². The second kappa shape index (κ2) is 5.26. The lowest BCUT2D eigenvalue weighted by atomic mass is 10.00. The molecule has 0 atom stereocenters. The van der Waals surface area contributed by atoms with E-state index >= 15 is 0 Å². The molecule has 3 heteroatoms. The van der Waals surface area contributed by atoms with E-state index in [1.165, 1.54) is 5.56 Å². The highest BCUT2D eigenvalue weighted by Gasteiger charge is 2.10. The molecule has 0 spiro atoms. The maximum absolute atomic E-state index is 11.5. The molecule has 110 valence electrons. The van der Waals surface area contributed by atoms with E-state index in [9.17, 15) is 9.90 Å². The topological polar surface area (TPSA) is 53.0 Å². The summed E-state index contributed by atoms with van der Waals surface area (Å²) in [7, 11) is 0. The number of carboxylic acids is 1. The highest BCUT2D eigenvalue weighted by atomic mass is 16.4. The van der Waals surface area contributed by atoms with Crippen LogP contribution in [-0.4, -0.2) is 11.0 Å². The third kappa shape index (κ3) is 2.35. The zero-order valence-corrected chi connectivity index (χ0v) is 12.8. The highest BCUT2D eigenvalue weighted by molar-refractivity contribution is 6.03. The zero-order valence-electron chi connectivity index (χ0n) is 12.8. The van der Waals surface area contributed by atoms with Crippen molar-refractivity contribution in [1.82, 2.24) is 4.98 Å². The van der Waals surface area contributed by atoms with Gasteiger partial charge in [0.15, 0.2) is 0 Å². The summed E-state index contributed by atoms with van der Waals surface area (Å²) in [6, 6.07) is 13.1. The number of hydrogen-bond acceptors (Lipinski definition) is 3. The smallest absolute Gasteiger partial charge is 0.0745 e. The Morgan fingerprint density at radius 2 is 1.73 bits per heavy atom. The van der Waals surface area contributed by atoms with E-state index in [-0.39, 0.29) is 5.56 Å². The molecule has 0 saturated carbocycles. The normalized spacial score (nSPS) is 10.9. The molecule has 0 saturated heterocycles. The van der Waals surface area contributed by atoms with Crippen LogP contribution in [0.3, 0.4) is 0 Å². The van der Waals surface area contributed by atoms with Crippen molar-refractivity contribution in [3.8, 4) is 11.3 Å². The number of fused-ring (bicyclic) bond motifs is 1. The van der Waals surface area contributed by atoms with E-state index in [0.717, 1.165) is 16.7 Å².